The molecule has 0 aliphatic heterocycles. The average molecular weight is 284 g/mol. The quantitative estimate of drug-likeness (QED) is 0.810. The van der Waals surface area contributed by atoms with E-state index in [0.29, 0.717) is 5.69 Å². The first-order valence-electron chi connectivity index (χ1n) is 7.33. The lowest BCUT2D eigenvalue weighted by atomic mass is 10.1. The van der Waals surface area contributed by atoms with Crippen molar-refractivity contribution >= 4 is 17.3 Å². The lowest BCUT2D eigenvalue weighted by molar-refractivity contribution is 0.102. The number of anilines is 2. The number of aromatic amines is 1. The number of carbonyl (C=O) groups excluding carboxylic acids is 1. The summed E-state index contributed by atoms with van der Waals surface area (Å²) in [4.78, 5) is 12.3. The second-order valence-electron chi connectivity index (χ2n) is 5.85. The van der Waals surface area contributed by atoms with Gasteiger partial charge in [-0.15, -0.1) is 0 Å². The number of nitrogen functional groups attached to an aromatic ring is 1. The van der Waals surface area contributed by atoms with Crippen LogP contribution in [0.15, 0.2) is 18.2 Å². The maximum Gasteiger partial charge on any atom is 0.278 e. The summed E-state index contributed by atoms with van der Waals surface area (Å²) in [6.45, 7) is 4.01. The van der Waals surface area contributed by atoms with Gasteiger partial charge in [0.1, 0.15) is 0 Å². The summed E-state index contributed by atoms with van der Waals surface area (Å²) in [5, 5.41) is 9.77. The number of rotatable bonds is 3. The Labute approximate surface area is 123 Å². The van der Waals surface area contributed by atoms with Crippen LogP contribution in [-0.4, -0.2) is 16.1 Å². The molecule has 21 heavy (non-hydrogen) atoms. The van der Waals surface area contributed by atoms with Gasteiger partial charge >= 0.3 is 0 Å². The minimum Gasteiger partial charge on any atom is -0.395 e. The molecule has 1 aliphatic rings. The van der Waals surface area contributed by atoms with E-state index in [2.05, 4.69) is 21.6 Å². The highest BCUT2D eigenvalue weighted by molar-refractivity contribution is 6.06. The van der Waals surface area contributed by atoms with Gasteiger partial charge in [-0.2, -0.15) is 5.10 Å². The van der Waals surface area contributed by atoms with Gasteiger partial charge in [0.15, 0.2) is 5.69 Å². The molecule has 0 saturated carbocycles. The molecule has 5 heteroatoms. The Morgan fingerprint density at radius 2 is 2.10 bits per heavy atom. The van der Waals surface area contributed by atoms with E-state index >= 15 is 0 Å². The SMILES string of the molecule is CC(C)c1[nH]nc(C(=O)Nc2ccc3c(c2)CCC3)c1N. The Balaban J connectivity index is 1.80. The van der Waals surface area contributed by atoms with E-state index in [-0.39, 0.29) is 17.5 Å². The molecule has 2 aromatic rings. The van der Waals surface area contributed by atoms with Crippen LogP contribution in [0.25, 0.3) is 0 Å². The molecule has 0 radical (unpaired) electrons. The smallest absolute Gasteiger partial charge is 0.278 e. The maximum absolute atomic E-state index is 12.3. The van der Waals surface area contributed by atoms with Crippen LogP contribution in [0.1, 0.15) is 53.5 Å². The molecule has 110 valence electrons. The molecular weight excluding hydrogens is 264 g/mol. The fraction of sp³-hybridized carbons (Fsp3) is 0.375. The molecule has 1 heterocycles. The minimum absolute atomic E-state index is 0.207. The van der Waals surface area contributed by atoms with Crippen LogP contribution in [0.5, 0.6) is 0 Å². The Kier molecular flexibility index (Phi) is 3.41. The third-order valence-corrected chi connectivity index (χ3v) is 3.98. The second kappa shape index (κ2) is 5.24. The molecule has 5 nitrogen and oxygen atoms in total. The van der Waals surface area contributed by atoms with Gasteiger partial charge in [-0.25, -0.2) is 0 Å². The lowest BCUT2D eigenvalue weighted by Gasteiger charge is -2.07. The summed E-state index contributed by atoms with van der Waals surface area (Å²) in [5.41, 5.74) is 11.0. The van der Waals surface area contributed by atoms with Crippen molar-refractivity contribution in [3.05, 3.63) is 40.7 Å². The molecule has 0 fully saturated rings. The predicted molar refractivity (Wildman–Crippen MR) is 83.5 cm³/mol. The monoisotopic (exact) mass is 284 g/mol. The van der Waals surface area contributed by atoms with Gasteiger partial charge in [-0.05, 0) is 48.4 Å². The number of aromatic nitrogens is 2. The molecule has 0 spiro atoms. The molecule has 0 saturated heterocycles. The number of hydrogen-bond acceptors (Lipinski definition) is 3. The van der Waals surface area contributed by atoms with E-state index in [1.807, 2.05) is 26.0 Å². The van der Waals surface area contributed by atoms with Crippen LogP contribution >= 0.6 is 0 Å². The summed E-state index contributed by atoms with van der Waals surface area (Å²) in [5.74, 6) is -0.0624. The zero-order valence-corrected chi connectivity index (χ0v) is 12.4. The lowest BCUT2D eigenvalue weighted by Crippen LogP contribution is -2.14. The first-order chi connectivity index (χ1) is 10.1. The number of nitrogens with one attached hydrogen (secondary N) is 2. The van der Waals surface area contributed by atoms with Crippen molar-refractivity contribution in [2.75, 3.05) is 11.1 Å². The summed E-state index contributed by atoms with van der Waals surface area (Å²) >= 11 is 0. The highest BCUT2D eigenvalue weighted by Gasteiger charge is 2.19. The van der Waals surface area contributed by atoms with Gasteiger partial charge in [-0.3, -0.25) is 9.89 Å². The van der Waals surface area contributed by atoms with Crippen molar-refractivity contribution in [3.63, 3.8) is 0 Å². The van der Waals surface area contributed by atoms with Crippen molar-refractivity contribution in [3.8, 4) is 0 Å². The number of H-pyrrole nitrogens is 1. The number of hydrogen-bond donors (Lipinski definition) is 3. The largest absolute Gasteiger partial charge is 0.395 e. The Morgan fingerprint density at radius 1 is 1.33 bits per heavy atom. The number of nitrogens with two attached hydrogens (primary N) is 1. The molecule has 0 bridgehead atoms. The van der Waals surface area contributed by atoms with Crippen molar-refractivity contribution in [2.45, 2.75) is 39.0 Å². The van der Waals surface area contributed by atoms with E-state index in [1.54, 1.807) is 0 Å². The van der Waals surface area contributed by atoms with Crippen LogP contribution in [0, 0.1) is 0 Å². The van der Waals surface area contributed by atoms with E-state index in [0.717, 1.165) is 24.2 Å². The number of benzene rings is 1. The van der Waals surface area contributed by atoms with Crippen molar-refractivity contribution < 1.29 is 4.79 Å². The number of aryl methyl sites for hydroxylation is 2. The summed E-state index contributed by atoms with van der Waals surface area (Å²) in [6.07, 6.45) is 3.41. The molecule has 1 aliphatic carbocycles. The summed E-state index contributed by atoms with van der Waals surface area (Å²) < 4.78 is 0. The van der Waals surface area contributed by atoms with E-state index in [4.69, 9.17) is 5.73 Å². The topological polar surface area (TPSA) is 83.8 Å². The van der Waals surface area contributed by atoms with Gasteiger partial charge in [0, 0.05) is 5.69 Å². The van der Waals surface area contributed by atoms with Gasteiger partial charge in [0.05, 0.1) is 11.4 Å². The number of amides is 1. The molecule has 1 amide bonds. The Hall–Kier alpha value is -2.30. The fourth-order valence-electron chi connectivity index (χ4n) is 2.82. The third kappa shape index (κ3) is 2.51. The maximum atomic E-state index is 12.3. The number of fused-ring (bicyclic) bond motifs is 1. The molecule has 4 N–H and O–H groups in total. The molecule has 3 rings (SSSR count). The highest BCUT2D eigenvalue weighted by atomic mass is 16.2. The summed E-state index contributed by atoms with van der Waals surface area (Å²) in [7, 11) is 0. The minimum atomic E-state index is -0.270. The zero-order chi connectivity index (χ0) is 15.0. The normalized spacial score (nSPS) is 13.5. The first kappa shape index (κ1) is 13.7. The van der Waals surface area contributed by atoms with Crippen LogP contribution in [0.2, 0.25) is 0 Å². The van der Waals surface area contributed by atoms with Gasteiger partial charge in [-0.1, -0.05) is 19.9 Å². The van der Waals surface area contributed by atoms with Gasteiger partial charge in [0.2, 0.25) is 0 Å². The van der Waals surface area contributed by atoms with Crippen LogP contribution in [-0.2, 0) is 12.8 Å². The van der Waals surface area contributed by atoms with Crippen molar-refractivity contribution in [1.29, 1.82) is 0 Å². The standard InChI is InChI=1S/C16H20N4O/c1-9(2)14-13(17)15(20-19-14)16(21)18-12-7-6-10-4-3-5-11(10)8-12/h6-9H,3-5,17H2,1-2H3,(H,18,21)(H,19,20). The molecule has 1 aromatic carbocycles. The average Bonchev–Trinajstić information content (AvgIpc) is 3.04. The van der Waals surface area contributed by atoms with Crippen LogP contribution < -0.4 is 11.1 Å². The Morgan fingerprint density at radius 3 is 2.81 bits per heavy atom. The molecule has 0 unspecified atom stereocenters. The van der Waals surface area contributed by atoms with Crippen LogP contribution in [0.4, 0.5) is 11.4 Å². The predicted octanol–water partition coefficient (Wildman–Crippen LogP) is 2.86. The molecular formula is C16H20N4O. The zero-order valence-electron chi connectivity index (χ0n) is 12.4. The van der Waals surface area contributed by atoms with Crippen LogP contribution in [0.3, 0.4) is 0 Å². The number of carbonyl (C=O) groups is 1. The fourth-order valence-corrected chi connectivity index (χ4v) is 2.82. The van der Waals surface area contributed by atoms with Crippen molar-refractivity contribution in [1.82, 2.24) is 10.2 Å². The molecule has 0 atom stereocenters. The third-order valence-electron chi connectivity index (χ3n) is 3.98. The van der Waals surface area contributed by atoms with Crippen molar-refractivity contribution in [2.24, 2.45) is 0 Å². The first-order valence-corrected chi connectivity index (χ1v) is 7.33. The highest BCUT2D eigenvalue weighted by Crippen LogP contribution is 2.26. The Bertz CT molecular complexity index is 688. The van der Waals surface area contributed by atoms with Gasteiger partial charge < -0.3 is 11.1 Å². The number of nitrogens with zero attached hydrogens (tertiary/aromatic N) is 1. The van der Waals surface area contributed by atoms with E-state index < -0.39 is 0 Å². The second-order valence-corrected chi connectivity index (χ2v) is 5.85. The van der Waals surface area contributed by atoms with E-state index in [9.17, 15) is 4.79 Å². The van der Waals surface area contributed by atoms with E-state index in [1.165, 1.54) is 17.5 Å². The molecule has 1 aromatic heterocycles. The van der Waals surface area contributed by atoms with Gasteiger partial charge in [0.25, 0.3) is 5.91 Å². The summed E-state index contributed by atoms with van der Waals surface area (Å²) in [6, 6.07) is 6.08.